The first-order valence-electron chi connectivity index (χ1n) is 6.09. The van der Waals surface area contributed by atoms with Crippen LogP contribution in [0.5, 0.6) is 0 Å². The maximum Gasteiger partial charge on any atom is 0.0900 e. The van der Waals surface area contributed by atoms with Gasteiger partial charge < -0.3 is 19.3 Å². The van der Waals surface area contributed by atoms with E-state index in [2.05, 4.69) is 18.7 Å². The largest absolute Gasteiger partial charge is 0.389 e. The Balaban J connectivity index is 3.74. The summed E-state index contributed by atoms with van der Waals surface area (Å²) < 4.78 is 15.2. The predicted molar refractivity (Wildman–Crippen MR) is 67.3 cm³/mol. The van der Waals surface area contributed by atoms with Crippen molar-refractivity contribution in [1.29, 1.82) is 0 Å². The Morgan fingerprint density at radius 1 is 1.06 bits per heavy atom. The Morgan fingerprint density at radius 2 is 1.71 bits per heavy atom. The number of aliphatic hydroxyl groups is 1. The molecule has 0 saturated carbocycles. The van der Waals surface area contributed by atoms with Gasteiger partial charge in [-0.15, -0.1) is 0 Å². The molecule has 0 aliphatic carbocycles. The standard InChI is InChI=1S/C12H27NO4/c1-11(2)13(5-6-15-3)9-12(14)10-17-8-7-16-4/h11-12,14H,5-10H2,1-4H3. The van der Waals surface area contributed by atoms with E-state index in [0.29, 0.717) is 39.0 Å². The summed E-state index contributed by atoms with van der Waals surface area (Å²) in [6.45, 7) is 7.74. The average molecular weight is 249 g/mol. The molecule has 0 fully saturated rings. The molecular weight excluding hydrogens is 222 g/mol. The fourth-order valence-corrected chi connectivity index (χ4v) is 1.45. The molecule has 0 rings (SSSR count). The van der Waals surface area contributed by atoms with Crippen molar-refractivity contribution in [1.82, 2.24) is 4.90 Å². The van der Waals surface area contributed by atoms with Gasteiger partial charge in [0.2, 0.25) is 0 Å². The molecule has 1 atom stereocenters. The van der Waals surface area contributed by atoms with Crippen LogP contribution in [0.1, 0.15) is 13.8 Å². The first-order chi connectivity index (χ1) is 8.11. The molecule has 5 nitrogen and oxygen atoms in total. The highest BCUT2D eigenvalue weighted by Gasteiger charge is 2.14. The lowest BCUT2D eigenvalue weighted by molar-refractivity contribution is -0.00766. The van der Waals surface area contributed by atoms with Crippen LogP contribution >= 0.6 is 0 Å². The molecule has 0 spiro atoms. The minimum atomic E-state index is -0.467. The highest BCUT2D eigenvalue weighted by Crippen LogP contribution is 2.00. The molecule has 1 N–H and O–H groups in total. The van der Waals surface area contributed by atoms with Crippen molar-refractivity contribution in [2.75, 3.05) is 53.7 Å². The van der Waals surface area contributed by atoms with E-state index in [1.165, 1.54) is 0 Å². The van der Waals surface area contributed by atoms with Crippen molar-refractivity contribution in [3.63, 3.8) is 0 Å². The average Bonchev–Trinajstić information content (AvgIpc) is 2.29. The number of hydrogen-bond acceptors (Lipinski definition) is 5. The topological polar surface area (TPSA) is 51.2 Å². The molecule has 0 bridgehead atoms. The molecule has 0 heterocycles. The zero-order chi connectivity index (χ0) is 13.1. The van der Waals surface area contributed by atoms with Crippen LogP contribution in [-0.4, -0.2) is 75.9 Å². The van der Waals surface area contributed by atoms with Gasteiger partial charge in [-0.2, -0.15) is 0 Å². The lowest BCUT2D eigenvalue weighted by Crippen LogP contribution is -2.41. The molecule has 0 radical (unpaired) electrons. The molecule has 17 heavy (non-hydrogen) atoms. The van der Waals surface area contributed by atoms with Crippen LogP contribution in [0.3, 0.4) is 0 Å². The molecule has 0 aromatic rings. The summed E-state index contributed by atoms with van der Waals surface area (Å²) in [6, 6.07) is 0.388. The molecule has 1 unspecified atom stereocenters. The number of aliphatic hydroxyl groups excluding tert-OH is 1. The number of hydrogen-bond donors (Lipinski definition) is 1. The smallest absolute Gasteiger partial charge is 0.0900 e. The second-order valence-corrected chi connectivity index (χ2v) is 4.30. The highest BCUT2D eigenvalue weighted by molar-refractivity contribution is 4.67. The maximum atomic E-state index is 9.82. The third-order valence-electron chi connectivity index (χ3n) is 2.50. The van der Waals surface area contributed by atoms with E-state index in [0.717, 1.165) is 6.54 Å². The van der Waals surface area contributed by atoms with Gasteiger partial charge >= 0.3 is 0 Å². The number of methoxy groups -OCH3 is 2. The maximum absolute atomic E-state index is 9.82. The van der Waals surface area contributed by atoms with E-state index >= 15 is 0 Å². The summed E-state index contributed by atoms with van der Waals surface area (Å²) in [5.74, 6) is 0. The van der Waals surface area contributed by atoms with Crippen LogP contribution < -0.4 is 0 Å². The van der Waals surface area contributed by atoms with Gasteiger partial charge in [-0.05, 0) is 13.8 Å². The Bertz CT molecular complexity index is 167. The fourth-order valence-electron chi connectivity index (χ4n) is 1.45. The van der Waals surface area contributed by atoms with Crippen molar-refractivity contribution in [2.45, 2.75) is 26.0 Å². The monoisotopic (exact) mass is 249 g/mol. The van der Waals surface area contributed by atoms with E-state index in [1.807, 2.05) is 0 Å². The van der Waals surface area contributed by atoms with E-state index in [4.69, 9.17) is 14.2 Å². The zero-order valence-electron chi connectivity index (χ0n) is 11.5. The van der Waals surface area contributed by atoms with Gasteiger partial charge in [0.1, 0.15) is 0 Å². The van der Waals surface area contributed by atoms with Crippen molar-refractivity contribution >= 4 is 0 Å². The summed E-state index contributed by atoms with van der Waals surface area (Å²) in [4.78, 5) is 2.17. The SMILES string of the molecule is COCCOCC(O)CN(CCOC)C(C)C. The zero-order valence-corrected chi connectivity index (χ0v) is 11.5. The summed E-state index contributed by atoms with van der Waals surface area (Å²) in [6.07, 6.45) is -0.467. The first kappa shape index (κ1) is 16.8. The van der Waals surface area contributed by atoms with Crippen molar-refractivity contribution < 1.29 is 19.3 Å². The minimum Gasteiger partial charge on any atom is -0.389 e. The molecular formula is C12H27NO4. The fraction of sp³-hybridized carbons (Fsp3) is 1.00. The van der Waals surface area contributed by atoms with Gasteiger partial charge in [0, 0.05) is 33.4 Å². The minimum absolute atomic E-state index is 0.347. The normalized spacial score (nSPS) is 13.6. The van der Waals surface area contributed by atoms with Crippen molar-refractivity contribution in [3.05, 3.63) is 0 Å². The highest BCUT2D eigenvalue weighted by atomic mass is 16.5. The summed E-state index contributed by atoms with van der Waals surface area (Å²) in [7, 11) is 3.31. The van der Waals surface area contributed by atoms with Gasteiger partial charge in [-0.1, -0.05) is 0 Å². The van der Waals surface area contributed by atoms with Crippen LogP contribution in [-0.2, 0) is 14.2 Å². The summed E-state index contributed by atoms with van der Waals surface area (Å²) >= 11 is 0. The van der Waals surface area contributed by atoms with Gasteiger partial charge in [0.25, 0.3) is 0 Å². The molecule has 0 aromatic heterocycles. The molecule has 0 amide bonds. The Morgan fingerprint density at radius 3 is 2.24 bits per heavy atom. The Hall–Kier alpha value is -0.200. The van der Waals surface area contributed by atoms with Crippen LogP contribution in [0.4, 0.5) is 0 Å². The molecule has 0 aliphatic heterocycles. The first-order valence-corrected chi connectivity index (χ1v) is 6.09. The lowest BCUT2D eigenvalue weighted by atomic mass is 10.2. The number of rotatable bonds is 11. The number of nitrogens with zero attached hydrogens (tertiary/aromatic N) is 1. The molecule has 104 valence electrons. The quantitative estimate of drug-likeness (QED) is 0.536. The van der Waals surface area contributed by atoms with E-state index in [-0.39, 0.29) is 0 Å². The third-order valence-corrected chi connectivity index (χ3v) is 2.50. The van der Waals surface area contributed by atoms with Crippen LogP contribution in [0.25, 0.3) is 0 Å². The van der Waals surface area contributed by atoms with Crippen LogP contribution in [0.2, 0.25) is 0 Å². The Labute approximate surface area is 105 Å². The van der Waals surface area contributed by atoms with Gasteiger partial charge in [0.15, 0.2) is 0 Å². The van der Waals surface area contributed by atoms with Crippen LogP contribution in [0, 0.1) is 0 Å². The lowest BCUT2D eigenvalue weighted by Gasteiger charge is -2.28. The Kier molecular flexibility index (Phi) is 10.8. The second-order valence-electron chi connectivity index (χ2n) is 4.30. The van der Waals surface area contributed by atoms with Crippen molar-refractivity contribution in [3.8, 4) is 0 Å². The molecule has 0 saturated heterocycles. The van der Waals surface area contributed by atoms with E-state index < -0.39 is 6.10 Å². The molecule has 0 aliphatic rings. The molecule has 0 aromatic carbocycles. The summed E-state index contributed by atoms with van der Waals surface area (Å²) in [5.41, 5.74) is 0. The van der Waals surface area contributed by atoms with Gasteiger partial charge in [-0.25, -0.2) is 0 Å². The van der Waals surface area contributed by atoms with Crippen molar-refractivity contribution in [2.24, 2.45) is 0 Å². The molecule has 5 heteroatoms. The van der Waals surface area contributed by atoms with Gasteiger partial charge in [0.05, 0.1) is 32.5 Å². The number of ether oxygens (including phenoxy) is 3. The van der Waals surface area contributed by atoms with E-state index in [1.54, 1.807) is 14.2 Å². The van der Waals surface area contributed by atoms with Gasteiger partial charge in [-0.3, -0.25) is 4.90 Å². The third kappa shape index (κ3) is 9.50. The summed E-state index contributed by atoms with van der Waals surface area (Å²) in [5, 5.41) is 9.82. The van der Waals surface area contributed by atoms with E-state index in [9.17, 15) is 5.11 Å². The van der Waals surface area contributed by atoms with Crippen LogP contribution in [0.15, 0.2) is 0 Å². The predicted octanol–water partition coefficient (Wildman–Crippen LogP) is 0.367. The second kappa shape index (κ2) is 10.9.